The number of likely N-dealkylation sites (N-methyl/N-ethyl adjacent to an activating group) is 1. The molecule has 2 rings (SSSR count). The van der Waals surface area contributed by atoms with Gasteiger partial charge in [-0.15, -0.1) is 0 Å². The molecule has 2 aliphatic heterocycles. The second-order valence-electron chi connectivity index (χ2n) is 5.60. The molecule has 2 saturated heterocycles. The number of urea groups is 1. The summed E-state index contributed by atoms with van der Waals surface area (Å²) in [6, 6.07) is 0.271. The van der Waals surface area contributed by atoms with Gasteiger partial charge < -0.3 is 14.7 Å². The summed E-state index contributed by atoms with van der Waals surface area (Å²) in [5.41, 5.74) is 0. The minimum atomic E-state index is 0.271. The van der Waals surface area contributed by atoms with Crippen LogP contribution in [0.3, 0.4) is 0 Å². The summed E-state index contributed by atoms with van der Waals surface area (Å²) >= 11 is 0. The number of carbonyl (C=O) groups is 1. The van der Waals surface area contributed by atoms with Crippen molar-refractivity contribution < 1.29 is 4.79 Å². The van der Waals surface area contributed by atoms with Crippen LogP contribution in [0.1, 0.15) is 26.2 Å². The third kappa shape index (κ3) is 3.35. The zero-order valence-corrected chi connectivity index (χ0v) is 11.2. The standard InChI is InChI=1S/C13H25N3O/c1-12-4-8-16(9-5-12)13(17)15-7-3-6-14(2)10-11-15/h12H,3-11H2,1-2H3. The van der Waals surface area contributed by atoms with E-state index in [1.165, 1.54) is 12.8 Å². The monoisotopic (exact) mass is 239 g/mol. The topological polar surface area (TPSA) is 26.8 Å². The summed E-state index contributed by atoms with van der Waals surface area (Å²) in [5, 5.41) is 0. The van der Waals surface area contributed by atoms with E-state index in [4.69, 9.17) is 0 Å². The maximum atomic E-state index is 12.4. The Hall–Kier alpha value is -0.770. The van der Waals surface area contributed by atoms with Gasteiger partial charge in [-0.2, -0.15) is 0 Å². The molecule has 2 amide bonds. The number of piperidine rings is 1. The van der Waals surface area contributed by atoms with Gasteiger partial charge in [0.1, 0.15) is 0 Å². The summed E-state index contributed by atoms with van der Waals surface area (Å²) in [4.78, 5) is 18.8. The Morgan fingerprint density at radius 3 is 2.29 bits per heavy atom. The van der Waals surface area contributed by atoms with Gasteiger partial charge in [0.25, 0.3) is 0 Å². The lowest BCUT2D eigenvalue weighted by atomic mass is 9.99. The van der Waals surface area contributed by atoms with E-state index in [0.29, 0.717) is 0 Å². The summed E-state index contributed by atoms with van der Waals surface area (Å²) in [7, 11) is 2.14. The number of amides is 2. The third-order valence-corrected chi connectivity index (χ3v) is 4.04. The molecule has 2 aliphatic rings. The van der Waals surface area contributed by atoms with Crippen LogP contribution in [0.2, 0.25) is 0 Å². The van der Waals surface area contributed by atoms with Gasteiger partial charge in [-0.1, -0.05) is 6.92 Å². The highest BCUT2D eigenvalue weighted by molar-refractivity contribution is 5.74. The lowest BCUT2D eigenvalue weighted by Crippen LogP contribution is -2.47. The van der Waals surface area contributed by atoms with E-state index < -0.39 is 0 Å². The van der Waals surface area contributed by atoms with Crippen LogP contribution in [0.25, 0.3) is 0 Å². The molecule has 98 valence electrons. The van der Waals surface area contributed by atoms with Gasteiger partial charge in [0.2, 0.25) is 0 Å². The van der Waals surface area contributed by atoms with Gasteiger partial charge >= 0.3 is 6.03 Å². The van der Waals surface area contributed by atoms with Crippen molar-refractivity contribution in [2.24, 2.45) is 5.92 Å². The predicted octanol–water partition coefficient (Wildman–Crippen LogP) is 1.48. The molecule has 0 aromatic carbocycles. The van der Waals surface area contributed by atoms with Gasteiger partial charge in [0, 0.05) is 32.7 Å². The van der Waals surface area contributed by atoms with Gasteiger partial charge in [-0.3, -0.25) is 0 Å². The van der Waals surface area contributed by atoms with E-state index in [0.717, 1.165) is 51.6 Å². The number of hydrogen-bond acceptors (Lipinski definition) is 2. The fourth-order valence-electron chi connectivity index (χ4n) is 2.64. The number of nitrogens with zero attached hydrogens (tertiary/aromatic N) is 3. The first kappa shape index (κ1) is 12.7. The van der Waals surface area contributed by atoms with E-state index in [1.54, 1.807) is 0 Å². The first-order chi connectivity index (χ1) is 8.16. The molecule has 0 radical (unpaired) electrons. The SMILES string of the molecule is CC1CCN(C(=O)N2CCCN(C)CC2)CC1. The van der Waals surface area contributed by atoms with Crippen LogP contribution in [-0.2, 0) is 0 Å². The van der Waals surface area contributed by atoms with Gasteiger partial charge in [0.15, 0.2) is 0 Å². The Morgan fingerprint density at radius 2 is 1.59 bits per heavy atom. The first-order valence-corrected chi connectivity index (χ1v) is 6.89. The van der Waals surface area contributed by atoms with Crippen molar-refractivity contribution in [1.29, 1.82) is 0 Å². The fourth-order valence-corrected chi connectivity index (χ4v) is 2.64. The highest BCUT2D eigenvalue weighted by atomic mass is 16.2. The second kappa shape index (κ2) is 5.71. The van der Waals surface area contributed by atoms with Crippen LogP contribution in [0.5, 0.6) is 0 Å². The highest BCUT2D eigenvalue weighted by Gasteiger charge is 2.25. The van der Waals surface area contributed by atoms with E-state index in [1.807, 2.05) is 9.80 Å². The maximum absolute atomic E-state index is 12.4. The van der Waals surface area contributed by atoms with Crippen molar-refractivity contribution in [2.45, 2.75) is 26.2 Å². The quantitative estimate of drug-likeness (QED) is 0.640. The zero-order chi connectivity index (χ0) is 12.3. The van der Waals surface area contributed by atoms with E-state index >= 15 is 0 Å². The van der Waals surface area contributed by atoms with Crippen molar-refractivity contribution >= 4 is 6.03 Å². The van der Waals surface area contributed by atoms with Crippen LogP contribution in [0.15, 0.2) is 0 Å². The van der Waals surface area contributed by atoms with E-state index in [2.05, 4.69) is 18.9 Å². The Morgan fingerprint density at radius 1 is 0.941 bits per heavy atom. The number of hydrogen-bond donors (Lipinski definition) is 0. The minimum absolute atomic E-state index is 0.271. The maximum Gasteiger partial charge on any atom is 0.320 e. The molecule has 0 aliphatic carbocycles. The average Bonchev–Trinajstić information content (AvgIpc) is 2.54. The predicted molar refractivity (Wildman–Crippen MR) is 69.1 cm³/mol. The molecule has 0 saturated carbocycles. The number of carbonyl (C=O) groups excluding carboxylic acids is 1. The Kier molecular flexibility index (Phi) is 4.26. The van der Waals surface area contributed by atoms with Crippen molar-refractivity contribution in [3.63, 3.8) is 0 Å². The molecule has 17 heavy (non-hydrogen) atoms. The van der Waals surface area contributed by atoms with E-state index in [9.17, 15) is 4.79 Å². The Balaban J connectivity index is 1.86. The number of likely N-dealkylation sites (tertiary alicyclic amines) is 1. The molecule has 0 aromatic heterocycles. The Labute approximate surface area is 105 Å². The van der Waals surface area contributed by atoms with E-state index in [-0.39, 0.29) is 6.03 Å². The summed E-state index contributed by atoms with van der Waals surface area (Å²) in [6.07, 6.45) is 3.44. The average molecular weight is 239 g/mol. The Bertz CT molecular complexity index is 261. The molecule has 0 aromatic rings. The van der Waals surface area contributed by atoms with Crippen molar-refractivity contribution in [3.8, 4) is 0 Å². The molecule has 0 spiro atoms. The lowest BCUT2D eigenvalue weighted by molar-refractivity contribution is 0.136. The summed E-state index contributed by atoms with van der Waals surface area (Å²) in [5.74, 6) is 0.786. The van der Waals surface area contributed by atoms with Crippen LogP contribution in [-0.4, -0.2) is 67.0 Å². The molecule has 4 heteroatoms. The molecule has 0 bridgehead atoms. The van der Waals surface area contributed by atoms with Crippen molar-refractivity contribution in [1.82, 2.24) is 14.7 Å². The normalized spacial score (nSPS) is 24.8. The molecule has 2 heterocycles. The minimum Gasteiger partial charge on any atom is -0.325 e. The molecule has 0 unspecified atom stereocenters. The first-order valence-electron chi connectivity index (χ1n) is 6.89. The largest absolute Gasteiger partial charge is 0.325 e. The van der Waals surface area contributed by atoms with Gasteiger partial charge in [-0.05, 0) is 38.8 Å². The van der Waals surface area contributed by atoms with Crippen LogP contribution in [0, 0.1) is 5.92 Å². The van der Waals surface area contributed by atoms with Gasteiger partial charge in [0.05, 0.1) is 0 Å². The van der Waals surface area contributed by atoms with Crippen LogP contribution >= 0.6 is 0 Å². The highest BCUT2D eigenvalue weighted by Crippen LogP contribution is 2.17. The molecular formula is C13H25N3O. The molecular weight excluding hydrogens is 214 g/mol. The lowest BCUT2D eigenvalue weighted by Gasteiger charge is -2.34. The molecule has 0 atom stereocenters. The van der Waals surface area contributed by atoms with Crippen LogP contribution < -0.4 is 0 Å². The third-order valence-electron chi connectivity index (χ3n) is 4.04. The number of rotatable bonds is 0. The smallest absolute Gasteiger partial charge is 0.320 e. The molecule has 0 N–H and O–H groups in total. The molecule has 4 nitrogen and oxygen atoms in total. The van der Waals surface area contributed by atoms with Crippen molar-refractivity contribution in [3.05, 3.63) is 0 Å². The van der Waals surface area contributed by atoms with Crippen molar-refractivity contribution in [2.75, 3.05) is 46.3 Å². The summed E-state index contributed by atoms with van der Waals surface area (Å²) in [6.45, 7) is 8.12. The van der Waals surface area contributed by atoms with Gasteiger partial charge in [-0.25, -0.2) is 4.79 Å². The summed E-state index contributed by atoms with van der Waals surface area (Å²) < 4.78 is 0. The second-order valence-corrected chi connectivity index (χ2v) is 5.60. The molecule has 2 fully saturated rings. The zero-order valence-electron chi connectivity index (χ0n) is 11.2. The van der Waals surface area contributed by atoms with Crippen LogP contribution in [0.4, 0.5) is 4.79 Å². The fraction of sp³-hybridized carbons (Fsp3) is 0.923.